The number of thioether (sulfide) groups is 1. The molecule has 1 amide bonds. The number of hydrogen-bond donors (Lipinski definition) is 0. The molecule has 1 atom stereocenters. The van der Waals surface area contributed by atoms with Crippen LogP contribution in [0.5, 0.6) is 0 Å². The third-order valence-electron chi connectivity index (χ3n) is 4.11. The summed E-state index contributed by atoms with van der Waals surface area (Å²) in [5, 5.41) is -0.0907. The van der Waals surface area contributed by atoms with Crippen molar-refractivity contribution in [3.05, 3.63) is 64.4 Å². The van der Waals surface area contributed by atoms with E-state index in [9.17, 15) is 9.18 Å². The van der Waals surface area contributed by atoms with E-state index in [1.165, 1.54) is 17.7 Å². The first-order valence-corrected chi connectivity index (χ1v) is 9.19. The Kier molecular flexibility index (Phi) is 4.63. The lowest BCUT2D eigenvalue weighted by Gasteiger charge is -2.26. The number of halogens is 2. The fraction of sp³-hybridized carbons (Fsp3) is 0.316. The summed E-state index contributed by atoms with van der Waals surface area (Å²) in [6.07, 6.45) is 0. The Balaban J connectivity index is 1.94. The molecule has 0 radical (unpaired) electrons. The van der Waals surface area contributed by atoms with Gasteiger partial charge in [0, 0.05) is 5.69 Å². The van der Waals surface area contributed by atoms with Gasteiger partial charge >= 0.3 is 0 Å². The SMILES string of the molecule is CC(C)(C)c1ccc(C2SCC(=O)N2c2ccc(F)c(Cl)c2)cc1. The van der Waals surface area contributed by atoms with E-state index in [4.69, 9.17) is 11.6 Å². The van der Waals surface area contributed by atoms with Crippen LogP contribution < -0.4 is 4.90 Å². The van der Waals surface area contributed by atoms with Crippen LogP contribution in [0.15, 0.2) is 42.5 Å². The Hall–Kier alpha value is -1.52. The van der Waals surface area contributed by atoms with Crippen molar-refractivity contribution in [1.29, 1.82) is 0 Å². The summed E-state index contributed by atoms with van der Waals surface area (Å²) < 4.78 is 13.4. The van der Waals surface area contributed by atoms with Crippen molar-refractivity contribution in [2.24, 2.45) is 0 Å². The van der Waals surface area contributed by atoms with Gasteiger partial charge in [0.15, 0.2) is 0 Å². The maximum absolute atomic E-state index is 13.4. The van der Waals surface area contributed by atoms with Crippen molar-refractivity contribution in [2.45, 2.75) is 31.6 Å². The molecule has 126 valence electrons. The van der Waals surface area contributed by atoms with Crippen LogP contribution in [0.1, 0.15) is 37.3 Å². The van der Waals surface area contributed by atoms with Crippen LogP contribution in [-0.2, 0) is 10.2 Å². The van der Waals surface area contributed by atoms with E-state index >= 15 is 0 Å². The highest BCUT2D eigenvalue weighted by Gasteiger charge is 2.34. The summed E-state index contributed by atoms with van der Waals surface area (Å²) in [6.45, 7) is 6.51. The maximum Gasteiger partial charge on any atom is 0.238 e. The van der Waals surface area contributed by atoms with E-state index in [2.05, 4.69) is 45.0 Å². The Morgan fingerprint density at radius 1 is 1.17 bits per heavy atom. The van der Waals surface area contributed by atoms with Crippen LogP contribution in [-0.4, -0.2) is 11.7 Å². The lowest BCUT2D eigenvalue weighted by molar-refractivity contribution is -0.115. The molecular weight excluding hydrogens is 345 g/mol. The number of nitrogens with zero attached hydrogens (tertiary/aromatic N) is 1. The van der Waals surface area contributed by atoms with Crippen molar-refractivity contribution in [1.82, 2.24) is 0 Å². The standard InChI is InChI=1S/C19H19ClFNOS/c1-19(2,3)13-6-4-12(5-7-13)18-22(17(23)11-24-18)14-8-9-16(21)15(20)10-14/h4-10,18H,11H2,1-3H3. The Bertz CT molecular complexity index is 770. The zero-order valence-electron chi connectivity index (χ0n) is 13.8. The number of benzene rings is 2. The molecule has 3 rings (SSSR count). The molecule has 0 aliphatic carbocycles. The van der Waals surface area contributed by atoms with Crippen LogP contribution in [0.4, 0.5) is 10.1 Å². The average molecular weight is 364 g/mol. The van der Waals surface area contributed by atoms with Crippen molar-refractivity contribution in [3.8, 4) is 0 Å². The van der Waals surface area contributed by atoms with Gasteiger partial charge < -0.3 is 0 Å². The second kappa shape index (κ2) is 6.41. The van der Waals surface area contributed by atoms with Gasteiger partial charge in [-0.05, 0) is 34.7 Å². The van der Waals surface area contributed by atoms with Crippen molar-refractivity contribution in [2.75, 3.05) is 10.7 Å². The number of amides is 1. The van der Waals surface area contributed by atoms with Gasteiger partial charge in [-0.25, -0.2) is 4.39 Å². The molecule has 1 unspecified atom stereocenters. The zero-order chi connectivity index (χ0) is 17.5. The van der Waals surface area contributed by atoms with Gasteiger partial charge in [0.05, 0.1) is 10.8 Å². The molecule has 5 heteroatoms. The Labute approximate surface area is 151 Å². The quantitative estimate of drug-likeness (QED) is 0.696. The van der Waals surface area contributed by atoms with Crippen LogP contribution in [0, 0.1) is 5.82 Å². The normalized spacial score (nSPS) is 18.3. The molecule has 0 saturated carbocycles. The Morgan fingerprint density at radius 3 is 2.42 bits per heavy atom. The monoisotopic (exact) mass is 363 g/mol. The van der Waals surface area contributed by atoms with Gasteiger partial charge in [-0.1, -0.05) is 56.6 Å². The third-order valence-corrected chi connectivity index (χ3v) is 5.61. The fourth-order valence-electron chi connectivity index (χ4n) is 2.73. The van der Waals surface area contributed by atoms with E-state index in [0.29, 0.717) is 11.4 Å². The first kappa shape index (κ1) is 17.3. The van der Waals surface area contributed by atoms with E-state index in [-0.39, 0.29) is 21.7 Å². The summed E-state index contributed by atoms with van der Waals surface area (Å²) in [5.74, 6) is -0.0703. The molecule has 0 N–H and O–H groups in total. The predicted octanol–water partition coefficient (Wildman–Crippen LogP) is 5.56. The van der Waals surface area contributed by atoms with Gasteiger partial charge in [0.25, 0.3) is 0 Å². The number of hydrogen-bond acceptors (Lipinski definition) is 2. The minimum Gasteiger partial charge on any atom is -0.295 e. The van der Waals surface area contributed by atoms with E-state index in [1.807, 2.05) is 0 Å². The van der Waals surface area contributed by atoms with Gasteiger partial charge in [-0.3, -0.25) is 9.69 Å². The van der Waals surface area contributed by atoms with Crippen LogP contribution >= 0.6 is 23.4 Å². The third kappa shape index (κ3) is 3.31. The number of carbonyl (C=O) groups excluding carboxylic acids is 1. The highest BCUT2D eigenvalue weighted by molar-refractivity contribution is 8.00. The smallest absolute Gasteiger partial charge is 0.238 e. The van der Waals surface area contributed by atoms with Crippen molar-refractivity contribution >= 4 is 35.0 Å². The lowest BCUT2D eigenvalue weighted by Crippen LogP contribution is -2.27. The summed E-state index contributed by atoms with van der Waals surface area (Å²) >= 11 is 7.45. The number of rotatable bonds is 2. The minimum atomic E-state index is -0.481. The Morgan fingerprint density at radius 2 is 1.83 bits per heavy atom. The molecular formula is C19H19ClFNOS. The van der Waals surface area contributed by atoms with E-state index < -0.39 is 5.82 Å². The maximum atomic E-state index is 13.4. The largest absolute Gasteiger partial charge is 0.295 e. The van der Waals surface area contributed by atoms with Gasteiger partial charge in [0.1, 0.15) is 11.2 Å². The molecule has 1 aliphatic heterocycles. The second-order valence-electron chi connectivity index (χ2n) is 6.90. The van der Waals surface area contributed by atoms with E-state index in [1.54, 1.807) is 22.7 Å². The van der Waals surface area contributed by atoms with Crippen LogP contribution in [0.2, 0.25) is 5.02 Å². The fourth-order valence-corrected chi connectivity index (χ4v) is 4.08. The summed E-state index contributed by atoms with van der Waals surface area (Å²) in [7, 11) is 0. The molecule has 24 heavy (non-hydrogen) atoms. The first-order valence-electron chi connectivity index (χ1n) is 7.76. The second-order valence-corrected chi connectivity index (χ2v) is 8.37. The molecule has 1 fully saturated rings. The molecule has 1 saturated heterocycles. The highest BCUT2D eigenvalue weighted by Crippen LogP contribution is 2.42. The van der Waals surface area contributed by atoms with Gasteiger partial charge in [-0.2, -0.15) is 0 Å². The molecule has 0 aromatic heterocycles. The molecule has 2 aromatic carbocycles. The van der Waals surface area contributed by atoms with E-state index in [0.717, 1.165) is 5.56 Å². The van der Waals surface area contributed by atoms with Gasteiger partial charge in [-0.15, -0.1) is 11.8 Å². The minimum absolute atomic E-state index is 0.00701. The van der Waals surface area contributed by atoms with Crippen LogP contribution in [0.3, 0.4) is 0 Å². The number of carbonyl (C=O) groups is 1. The number of anilines is 1. The average Bonchev–Trinajstić information content (AvgIpc) is 2.91. The summed E-state index contributed by atoms with van der Waals surface area (Å²) in [4.78, 5) is 14.0. The summed E-state index contributed by atoms with van der Waals surface area (Å²) in [5.41, 5.74) is 3.01. The molecule has 0 spiro atoms. The predicted molar refractivity (Wildman–Crippen MR) is 99.2 cm³/mol. The molecule has 2 nitrogen and oxygen atoms in total. The molecule has 2 aromatic rings. The summed E-state index contributed by atoms with van der Waals surface area (Å²) in [6, 6.07) is 12.7. The zero-order valence-corrected chi connectivity index (χ0v) is 15.4. The van der Waals surface area contributed by atoms with Gasteiger partial charge in [0.2, 0.25) is 5.91 Å². The molecule has 0 bridgehead atoms. The van der Waals surface area contributed by atoms with Crippen molar-refractivity contribution < 1.29 is 9.18 Å². The first-order chi connectivity index (χ1) is 11.3. The molecule has 1 heterocycles. The van der Waals surface area contributed by atoms with Crippen LogP contribution in [0.25, 0.3) is 0 Å². The molecule has 1 aliphatic rings. The lowest BCUT2D eigenvalue weighted by atomic mass is 9.86. The van der Waals surface area contributed by atoms with Crippen molar-refractivity contribution in [3.63, 3.8) is 0 Å². The highest BCUT2D eigenvalue weighted by atomic mass is 35.5. The topological polar surface area (TPSA) is 20.3 Å².